The van der Waals surface area contributed by atoms with Crippen LogP contribution in [0.15, 0.2) is 24.3 Å². The van der Waals surface area contributed by atoms with Crippen molar-refractivity contribution in [1.29, 1.82) is 0 Å². The van der Waals surface area contributed by atoms with Crippen molar-refractivity contribution in [2.24, 2.45) is 17.8 Å². The highest BCUT2D eigenvalue weighted by atomic mass is 16.6. The quantitative estimate of drug-likeness (QED) is 0.468. The molecule has 0 radical (unpaired) electrons. The molecule has 1 fully saturated rings. The first-order valence-electron chi connectivity index (χ1n) is 9.00. The molecule has 4 atom stereocenters. The van der Waals surface area contributed by atoms with Crippen LogP contribution in [0.1, 0.15) is 47.0 Å². The Morgan fingerprint density at radius 3 is 2.60 bits per heavy atom. The van der Waals surface area contributed by atoms with Crippen LogP contribution in [-0.4, -0.2) is 23.0 Å². The minimum absolute atomic E-state index is 0.0477. The van der Waals surface area contributed by atoms with Crippen molar-refractivity contribution in [3.63, 3.8) is 0 Å². The van der Waals surface area contributed by atoms with Gasteiger partial charge in [0.1, 0.15) is 17.8 Å². The fourth-order valence-electron chi connectivity index (χ4n) is 3.55. The van der Waals surface area contributed by atoms with Gasteiger partial charge in [-0.25, -0.2) is 4.79 Å². The lowest BCUT2D eigenvalue weighted by Crippen LogP contribution is -2.39. The maximum Gasteiger partial charge on any atom is 0.328 e. The Bertz CT molecular complexity index is 617. The monoisotopic (exact) mass is 348 g/mol. The zero-order valence-electron chi connectivity index (χ0n) is 15.4. The molecule has 0 spiro atoms. The van der Waals surface area contributed by atoms with E-state index in [0.29, 0.717) is 23.4 Å². The van der Waals surface area contributed by atoms with E-state index in [4.69, 9.17) is 4.74 Å². The average molecular weight is 348 g/mol. The molecule has 1 saturated carbocycles. The number of nitro benzene ring substituents is 1. The van der Waals surface area contributed by atoms with E-state index in [1.165, 1.54) is 12.5 Å². The number of ether oxygens (including phenoxy) is 1. The summed E-state index contributed by atoms with van der Waals surface area (Å²) in [6.07, 6.45) is 3.04. The molecule has 2 rings (SSSR count). The number of para-hydroxylation sites is 2. The standard InChI is InChI=1S/C19H28N2O4/c1-12(2)15-10-9-13(3)11-18(15)25-19(22)14(4)20-16-7-5-6-8-17(16)21(23)24/h5-8,12-15,18,20H,9-11H2,1-4H3/t13-,14?,15?,18?/m1/s1. The Morgan fingerprint density at radius 2 is 1.96 bits per heavy atom. The Morgan fingerprint density at radius 1 is 1.28 bits per heavy atom. The molecule has 1 aliphatic rings. The van der Waals surface area contributed by atoms with Crippen molar-refractivity contribution >= 4 is 17.3 Å². The highest BCUT2D eigenvalue weighted by Gasteiger charge is 2.34. The van der Waals surface area contributed by atoms with E-state index in [9.17, 15) is 14.9 Å². The molecule has 6 heteroatoms. The first kappa shape index (κ1) is 19.2. The summed E-state index contributed by atoms with van der Waals surface area (Å²) in [4.78, 5) is 23.2. The average Bonchev–Trinajstić information content (AvgIpc) is 2.54. The van der Waals surface area contributed by atoms with Gasteiger partial charge >= 0.3 is 5.97 Å². The third kappa shape index (κ3) is 4.94. The molecule has 1 N–H and O–H groups in total. The van der Waals surface area contributed by atoms with E-state index in [2.05, 4.69) is 26.1 Å². The van der Waals surface area contributed by atoms with Crippen LogP contribution in [0.4, 0.5) is 11.4 Å². The number of rotatable bonds is 6. The molecule has 1 aliphatic carbocycles. The van der Waals surface area contributed by atoms with E-state index >= 15 is 0 Å². The van der Waals surface area contributed by atoms with Crippen molar-refractivity contribution < 1.29 is 14.5 Å². The van der Waals surface area contributed by atoms with Crippen molar-refractivity contribution in [3.8, 4) is 0 Å². The molecule has 25 heavy (non-hydrogen) atoms. The fraction of sp³-hybridized carbons (Fsp3) is 0.632. The summed E-state index contributed by atoms with van der Waals surface area (Å²) in [6, 6.07) is 5.67. The van der Waals surface area contributed by atoms with Crippen LogP contribution in [0, 0.1) is 27.9 Å². The molecule has 0 aromatic heterocycles. The van der Waals surface area contributed by atoms with Crippen molar-refractivity contribution in [3.05, 3.63) is 34.4 Å². The summed E-state index contributed by atoms with van der Waals surface area (Å²) in [5.41, 5.74) is 0.280. The van der Waals surface area contributed by atoms with Crippen molar-refractivity contribution in [2.75, 3.05) is 5.32 Å². The number of carbonyl (C=O) groups excluding carboxylic acids is 1. The first-order valence-corrected chi connectivity index (χ1v) is 9.00. The van der Waals surface area contributed by atoms with Gasteiger partial charge < -0.3 is 10.1 Å². The molecule has 1 aromatic carbocycles. The Labute approximate surface area is 149 Å². The molecule has 0 aliphatic heterocycles. The molecular weight excluding hydrogens is 320 g/mol. The Kier molecular flexibility index (Phi) is 6.39. The summed E-state index contributed by atoms with van der Waals surface area (Å²) < 4.78 is 5.80. The van der Waals surface area contributed by atoms with Gasteiger partial charge in [-0.3, -0.25) is 10.1 Å². The van der Waals surface area contributed by atoms with Gasteiger partial charge in [-0.2, -0.15) is 0 Å². The van der Waals surface area contributed by atoms with E-state index < -0.39 is 11.0 Å². The van der Waals surface area contributed by atoms with Gasteiger partial charge in [-0.1, -0.05) is 39.3 Å². The van der Waals surface area contributed by atoms with Gasteiger partial charge in [-0.05, 0) is 43.6 Å². The molecule has 1 aromatic rings. The zero-order chi connectivity index (χ0) is 18.6. The van der Waals surface area contributed by atoms with E-state index in [1.807, 2.05) is 0 Å². The number of benzene rings is 1. The van der Waals surface area contributed by atoms with Crippen LogP contribution in [0.3, 0.4) is 0 Å². The second-order valence-electron chi connectivity index (χ2n) is 7.44. The van der Waals surface area contributed by atoms with Gasteiger partial charge in [0.2, 0.25) is 0 Å². The van der Waals surface area contributed by atoms with E-state index in [-0.39, 0.29) is 17.8 Å². The minimum Gasteiger partial charge on any atom is -0.461 e. The smallest absolute Gasteiger partial charge is 0.328 e. The van der Waals surface area contributed by atoms with Crippen LogP contribution < -0.4 is 5.32 Å². The van der Waals surface area contributed by atoms with Crippen LogP contribution in [0.5, 0.6) is 0 Å². The second-order valence-corrected chi connectivity index (χ2v) is 7.44. The lowest BCUT2D eigenvalue weighted by Gasteiger charge is -2.37. The third-order valence-corrected chi connectivity index (χ3v) is 5.06. The number of hydrogen-bond donors (Lipinski definition) is 1. The van der Waals surface area contributed by atoms with Crippen molar-refractivity contribution in [1.82, 2.24) is 0 Å². The largest absolute Gasteiger partial charge is 0.461 e. The fourth-order valence-corrected chi connectivity index (χ4v) is 3.55. The predicted molar refractivity (Wildman–Crippen MR) is 97.4 cm³/mol. The van der Waals surface area contributed by atoms with Gasteiger partial charge in [0.05, 0.1) is 4.92 Å². The molecule has 3 unspecified atom stereocenters. The summed E-state index contributed by atoms with van der Waals surface area (Å²) in [5, 5.41) is 14.0. The number of esters is 1. The maximum atomic E-state index is 12.5. The minimum atomic E-state index is -0.647. The molecule has 0 amide bonds. The SMILES string of the molecule is CC(Nc1ccccc1[N+](=O)[O-])C(=O)OC1C[C@H](C)CCC1C(C)C. The van der Waals surface area contributed by atoms with Gasteiger partial charge in [0.25, 0.3) is 5.69 Å². The predicted octanol–water partition coefficient (Wildman–Crippen LogP) is 4.40. The lowest BCUT2D eigenvalue weighted by molar-refractivity contribution is -0.384. The molecular formula is C19H28N2O4. The molecule has 0 saturated heterocycles. The number of hydrogen-bond acceptors (Lipinski definition) is 5. The van der Waals surface area contributed by atoms with Gasteiger partial charge in [0, 0.05) is 6.07 Å². The summed E-state index contributed by atoms with van der Waals surface area (Å²) in [6.45, 7) is 8.19. The van der Waals surface area contributed by atoms with Crippen LogP contribution in [0.25, 0.3) is 0 Å². The van der Waals surface area contributed by atoms with Crippen molar-refractivity contribution in [2.45, 2.75) is 59.1 Å². The number of nitrogens with one attached hydrogen (secondary N) is 1. The van der Waals surface area contributed by atoms with E-state index in [0.717, 1.165) is 12.8 Å². The molecule has 6 nitrogen and oxygen atoms in total. The number of nitrogens with zero attached hydrogens (tertiary/aromatic N) is 1. The zero-order valence-corrected chi connectivity index (χ0v) is 15.4. The van der Waals surface area contributed by atoms with Gasteiger partial charge in [-0.15, -0.1) is 0 Å². The highest BCUT2D eigenvalue weighted by Crippen LogP contribution is 2.35. The van der Waals surface area contributed by atoms with Crippen LogP contribution in [-0.2, 0) is 9.53 Å². The topological polar surface area (TPSA) is 81.5 Å². The second kappa shape index (κ2) is 8.32. The van der Waals surface area contributed by atoms with E-state index in [1.54, 1.807) is 25.1 Å². The number of carbonyl (C=O) groups is 1. The number of nitro groups is 1. The van der Waals surface area contributed by atoms with Gasteiger partial charge in [0.15, 0.2) is 0 Å². The molecule has 0 bridgehead atoms. The maximum absolute atomic E-state index is 12.5. The van der Waals surface area contributed by atoms with Crippen LogP contribution >= 0.6 is 0 Å². The summed E-state index contributed by atoms with van der Waals surface area (Å²) in [7, 11) is 0. The first-order chi connectivity index (χ1) is 11.8. The normalized spacial score (nSPS) is 24.6. The lowest BCUT2D eigenvalue weighted by atomic mass is 9.75. The highest BCUT2D eigenvalue weighted by molar-refractivity contribution is 5.80. The number of anilines is 1. The Hall–Kier alpha value is -2.11. The van der Waals surface area contributed by atoms with Crippen LogP contribution in [0.2, 0.25) is 0 Å². The summed E-state index contributed by atoms with van der Waals surface area (Å²) >= 11 is 0. The summed E-state index contributed by atoms with van der Waals surface area (Å²) in [5.74, 6) is 1.02. The molecule has 138 valence electrons. The Balaban J connectivity index is 2.03. The molecule has 0 heterocycles. The third-order valence-electron chi connectivity index (χ3n) is 5.06.